The van der Waals surface area contributed by atoms with Crippen LogP contribution < -0.4 is 5.32 Å². The lowest BCUT2D eigenvalue weighted by Crippen LogP contribution is -2.39. The van der Waals surface area contributed by atoms with E-state index in [4.69, 9.17) is 4.42 Å². The van der Waals surface area contributed by atoms with Gasteiger partial charge in [-0.15, -0.1) is 24.8 Å². The van der Waals surface area contributed by atoms with Gasteiger partial charge >= 0.3 is 0 Å². The maximum absolute atomic E-state index is 12.9. The topological polar surface area (TPSA) is 58.4 Å². The van der Waals surface area contributed by atoms with Crippen molar-refractivity contribution in [3.05, 3.63) is 41.9 Å². The normalized spacial score (nSPS) is 21.9. The Morgan fingerprint density at radius 1 is 1.16 bits per heavy atom. The molecule has 1 N–H and O–H groups in total. The van der Waals surface area contributed by atoms with Gasteiger partial charge in [-0.2, -0.15) is 0 Å². The number of hydrogen-bond donors (Lipinski definition) is 1. The Morgan fingerprint density at radius 2 is 1.88 bits per heavy atom. The lowest BCUT2D eigenvalue weighted by atomic mass is 10.1. The molecule has 0 spiro atoms. The molecule has 7 heteroatoms. The highest BCUT2D eigenvalue weighted by Crippen LogP contribution is 2.26. The number of rotatable bonds is 2. The van der Waals surface area contributed by atoms with Crippen LogP contribution in [0.1, 0.15) is 35.3 Å². The van der Waals surface area contributed by atoms with Gasteiger partial charge < -0.3 is 14.6 Å². The summed E-state index contributed by atoms with van der Waals surface area (Å²) in [6, 6.07) is 8.95. The van der Waals surface area contributed by atoms with Crippen molar-refractivity contribution in [2.24, 2.45) is 0 Å². The smallest absolute Gasteiger partial charge is 0.276 e. The number of halogens is 2. The second-order valence-electron chi connectivity index (χ2n) is 6.57. The summed E-state index contributed by atoms with van der Waals surface area (Å²) in [6.07, 6.45) is 4.76. The third kappa shape index (κ3) is 4.00. The van der Waals surface area contributed by atoms with Crippen LogP contribution in [0.5, 0.6) is 0 Å². The van der Waals surface area contributed by atoms with Crippen LogP contribution in [-0.4, -0.2) is 41.0 Å². The molecular weight excluding hydrogens is 361 g/mol. The van der Waals surface area contributed by atoms with E-state index >= 15 is 0 Å². The predicted molar refractivity (Wildman–Crippen MR) is 102 cm³/mol. The largest absolute Gasteiger partial charge is 0.443 e. The van der Waals surface area contributed by atoms with Crippen molar-refractivity contribution in [3.63, 3.8) is 0 Å². The zero-order valence-electron chi connectivity index (χ0n) is 14.1. The number of carbonyl (C=O) groups is 1. The molecule has 2 fully saturated rings. The van der Waals surface area contributed by atoms with Crippen LogP contribution in [0.2, 0.25) is 0 Å². The molecule has 2 atom stereocenters. The van der Waals surface area contributed by atoms with E-state index in [0.29, 0.717) is 23.5 Å². The van der Waals surface area contributed by atoms with E-state index in [2.05, 4.69) is 10.3 Å². The molecule has 3 heterocycles. The van der Waals surface area contributed by atoms with E-state index in [9.17, 15) is 4.79 Å². The summed E-state index contributed by atoms with van der Waals surface area (Å²) in [7, 11) is 0. The van der Waals surface area contributed by atoms with Crippen molar-refractivity contribution in [2.75, 3.05) is 13.1 Å². The average Bonchev–Trinajstić information content (AvgIpc) is 3.14. The molecule has 2 saturated heterocycles. The molecule has 25 heavy (non-hydrogen) atoms. The fraction of sp³-hybridized carbons (Fsp3) is 0.444. The lowest BCUT2D eigenvalue weighted by Gasteiger charge is -2.23. The first kappa shape index (κ1) is 19.8. The third-order valence-corrected chi connectivity index (χ3v) is 4.89. The highest BCUT2D eigenvalue weighted by atomic mass is 35.5. The van der Waals surface area contributed by atoms with Crippen molar-refractivity contribution in [1.82, 2.24) is 15.2 Å². The number of likely N-dealkylation sites (tertiary alicyclic amines) is 1. The molecule has 2 aliphatic heterocycles. The molecule has 1 amide bonds. The van der Waals surface area contributed by atoms with Gasteiger partial charge in [-0.3, -0.25) is 4.79 Å². The van der Waals surface area contributed by atoms with Crippen LogP contribution in [0.4, 0.5) is 0 Å². The summed E-state index contributed by atoms with van der Waals surface area (Å²) in [6.45, 7) is 3.58. The molecule has 0 radical (unpaired) electrons. The number of fused-ring (bicyclic) bond motifs is 2. The van der Waals surface area contributed by atoms with Crippen LogP contribution in [0.25, 0.3) is 11.3 Å². The number of amides is 1. The first-order valence-corrected chi connectivity index (χ1v) is 8.26. The summed E-state index contributed by atoms with van der Waals surface area (Å²) in [5.74, 6) is 0.543. The fourth-order valence-electron chi connectivity index (χ4n) is 3.59. The number of aryl methyl sites for hydroxylation is 1. The van der Waals surface area contributed by atoms with Gasteiger partial charge in [0.15, 0.2) is 17.8 Å². The fourth-order valence-corrected chi connectivity index (χ4v) is 3.59. The highest BCUT2D eigenvalue weighted by Gasteiger charge is 2.33. The van der Waals surface area contributed by atoms with Crippen LogP contribution in [0.15, 0.2) is 35.1 Å². The molecule has 2 bridgehead atoms. The minimum atomic E-state index is -0.0244. The monoisotopic (exact) mass is 383 g/mol. The third-order valence-electron chi connectivity index (χ3n) is 4.89. The quantitative estimate of drug-likeness (QED) is 0.862. The summed E-state index contributed by atoms with van der Waals surface area (Å²) < 4.78 is 5.52. The molecule has 5 nitrogen and oxygen atoms in total. The highest BCUT2D eigenvalue weighted by molar-refractivity contribution is 5.97. The maximum Gasteiger partial charge on any atom is 0.276 e. The number of nitrogens with one attached hydrogen (secondary N) is 1. The average molecular weight is 384 g/mol. The van der Waals surface area contributed by atoms with E-state index < -0.39 is 0 Å². The van der Waals surface area contributed by atoms with Crippen LogP contribution >= 0.6 is 24.8 Å². The molecule has 2 aliphatic rings. The molecule has 4 rings (SSSR count). The molecule has 0 aliphatic carbocycles. The second-order valence-corrected chi connectivity index (χ2v) is 6.57. The van der Waals surface area contributed by atoms with Crippen molar-refractivity contribution >= 4 is 30.7 Å². The molecule has 1 aromatic heterocycles. The van der Waals surface area contributed by atoms with Crippen molar-refractivity contribution in [1.29, 1.82) is 0 Å². The standard InChI is InChI=1S/C18H21N3O2.2ClH/c1-12-2-4-13(5-3-12)17-16(19-11-23-17)18(22)21-9-8-14-6-7-15(10-21)20-14;;/h2-5,11,14-15,20H,6-10H2,1H3;2*1H. The van der Waals surface area contributed by atoms with Crippen LogP contribution in [0, 0.1) is 6.92 Å². The zero-order chi connectivity index (χ0) is 15.8. The number of oxazole rings is 1. The number of aromatic nitrogens is 1. The SMILES string of the molecule is Cc1ccc(-c2ocnc2C(=O)N2CCC3CCC(C2)N3)cc1.Cl.Cl. The molecule has 2 unspecified atom stereocenters. The summed E-state index contributed by atoms with van der Waals surface area (Å²) in [4.78, 5) is 19.1. The van der Waals surface area contributed by atoms with E-state index in [1.54, 1.807) is 0 Å². The van der Waals surface area contributed by atoms with Gasteiger partial charge in [0.05, 0.1) is 0 Å². The van der Waals surface area contributed by atoms with Gasteiger partial charge in [0.2, 0.25) is 0 Å². The summed E-state index contributed by atoms with van der Waals surface area (Å²) in [5, 5.41) is 3.60. The zero-order valence-corrected chi connectivity index (χ0v) is 15.7. The summed E-state index contributed by atoms with van der Waals surface area (Å²) in [5.41, 5.74) is 2.49. The number of nitrogens with zero attached hydrogens (tertiary/aromatic N) is 2. The summed E-state index contributed by atoms with van der Waals surface area (Å²) >= 11 is 0. The van der Waals surface area contributed by atoms with Crippen molar-refractivity contribution in [3.8, 4) is 11.3 Å². The van der Waals surface area contributed by atoms with Gasteiger partial charge in [-0.25, -0.2) is 4.98 Å². The molecule has 136 valence electrons. The van der Waals surface area contributed by atoms with Gasteiger partial charge in [0.25, 0.3) is 5.91 Å². The van der Waals surface area contributed by atoms with Crippen molar-refractivity contribution in [2.45, 2.75) is 38.3 Å². The van der Waals surface area contributed by atoms with Crippen molar-refractivity contribution < 1.29 is 9.21 Å². The van der Waals surface area contributed by atoms with Gasteiger partial charge in [0.1, 0.15) is 0 Å². The Hall–Kier alpha value is -1.56. The molecular formula is C18H23Cl2N3O2. The van der Waals surface area contributed by atoms with E-state index in [1.807, 2.05) is 36.1 Å². The van der Waals surface area contributed by atoms with Gasteiger partial charge in [-0.1, -0.05) is 29.8 Å². The van der Waals surface area contributed by atoms with E-state index in [0.717, 1.165) is 31.5 Å². The van der Waals surface area contributed by atoms with Gasteiger partial charge in [0, 0.05) is 30.7 Å². The minimum Gasteiger partial charge on any atom is -0.443 e. The Labute approximate surface area is 160 Å². The number of hydrogen-bond acceptors (Lipinski definition) is 4. The van der Waals surface area contributed by atoms with Crippen LogP contribution in [-0.2, 0) is 0 Å². The Kier molecular flexibility index (Phi) is 6.49. The molecule has 0 saturated carbocycles. The predicted octanol–water partition coefficient (Wildman–Crippen LogP) is 3.46. The van der Waals surface area contributed by atoms with E-state index in [-0.39, 0.29) is 30.7 Å². The Balaban J connectivity index is 0.00000113. The molecule has 1 aromatic carbocycles. The first-order chi connectivity index (χ1) is 11.2. The Morgan fingerprint density at radius 3 is 2.64 bits per heavy atom. The minimum absolute atomic E-state index is 0. The molecule has 2 aromatic rings. The van der Waals surface area contributed by atoms with Crippen LogP contribution in [0.3, 0.4) is 0 Å². The second kappa shape index (κ2) is 8.21. The lowest BCUT2D eigenvalue weighted by molar-refractivity contribution is 0.0743. The Bertz CT molecular complexity index is 717. The maximum atomic E-state index is 12.9. The number of benzene rings is 1. The van der Waals surface area contributed by atoms with E-state index in [1.165, 1.54) is 18.4 Å². The number of carbonyl (C=O) groups excluding carboxylic acids is 1. The first-order valence-electron chi connectivity index (χ1n) is 8.26. The van der Waals surface area contributed by atoms with Gasteiger partial charge in [-0.05, 0) is 26.2 Å².